The first kappa shape index (κ1) is 15.5. The van der Waals surface area contributed by atoms with E-state index in [0.717, 1.165) is 35.5 Å². The number of fused-ring (bicyclic) bond motifs is 1. The fraction of sp³-hybridized carbons (Fsp3) is 0.357. The molecule has 0 radical (unpaired) electrons. The second kappa shape index (κ2) is 6.69. The average Bonchev–Trinajstić information content (AvgIpc) is 2.90. The Kier molecular flexibility index (Phi) is 4.93. The number of hydrogen-bond donors (Lipinski definition) is 3. The molecule has 0 saturated heterocycles. The Morgan fingerprint density at radius 3 is 3.14 bits per heavy atom. The van der Waals surface area contributed by atoms with E-state index in [1.54, 1.807) is 6.20 Å². The van der Waals surface area contributed by atoms with Gasteiger partial charge in [0, 0.05) is 37.0 Å². The number of H-pyrrole nitrogens is 1. The van der Waals surface area contributed by atoms with E-state index < -0.39 is 0 Å². The molecule has 0 aliphatic carbocycles. The van der Waals surface area contributed by atoms with Crippen molar-refractivity contribution in [2.75, 3.05) is 6.54 Å². The number of halogens is 1. The Balaban J connectivity index is 0.00000161. The van der Waals surface area contributed by atoms with E-state index >= 15 is 0 Å². The molecule has 1 amide bonds. The molecule has 112 valence electrons. The third-order valence-electron chi connectivity index (χ3n) is 3.56. The topological polar surface area (TPSA) is 82.7 Å². The molecule has 2 aromatic heterocycles. The molecule has 1 aliphatic rings. The van der Waals surface area contributed by atoms with E-state index in [2.05, 4.69) is 25.8 Å². The predicted molar refractivity (Wildman–Crippen MR) is 81.4 cm³/mol. The zero-order valence-corrected chi connectivity index (χ0v) is 12.6. The van der Waals surface area contributed by atoms with E-state index in [9.17, 15) is 4.79 Å². The van der Waals surface area contributed by atoms with Crippen LogP contribution in [-0.2, 0) is 19.5 Å². The molecule has 0 fully saturated rings. The first-order valence-electron chi connectivity index (χ1n) is 6.71. The van der Waals surface area contributed by atoms with Gasteiger partial charge in [0.25, 0.3) is 5.91 Å². The molecule has 21 heavy (non-hydrogen) atoms. The van der Waals surface area contributed by atoms with Crippen molar-refractivity contribution < 1.29 is 4.79 Å². The lowest BCUT2D eigenvalue weighted by atomic mass is 10.1. The summed E-state index contributed by atoms with van der Waals surface area (Å²) in [6.07, 6.45) is 2.61. The zero-order valence-electron chi connectivity index (χ0n) is 11.8. The number of amides is 1. The van der Waals surface area contributed by atoms with Gasteiger partial charge in [0.2, 0.25) is 0 Å². The molecule has 2 aromatic rings. The van der Waals surface area contributed by atoms with Crippen molar-refractivity contribution in [3.63, 3.8) is 0 Å². The maximum absolute atomic E-state index is 12.2. The summed E-state index contributed by atoms with van der Waals surface area (Å²) in [4.78, 5) is 16.5. The van der Waals surface area contributed by atoms with Gasteiger partial charge < -0.3 is 10.6 Å². The lowest BCUT2D eigenvalue weighted by molar-refractivity contribution is 0.0944. The number of aryl methyl sites for hydroxylation is 1. The minimum atomic E-state index is -0.156. The maximum Gasteiger partial charge on any atom is 0.272 e. The number of hydrogen-bond acceptors (Lipinski definition) is 4. The van der Waals surface area contributed by atoms with Crippen LogP contribution in [0.15, 0.2) is 18.3 Å². The van der Waals surface area contributed by atoms with Gasteiger partial charge in [-0.15, -0.1) is 12.4 Å². The van der Waals surface area contributed by atoms with Crippen LogP contribution in [0.1, 0.15) is 33.0 Å². The van der Waals surface area contributed by atoms with Gasteiger partial charge in [-0.3, -0.25) is 14.9 Å². The molecule has 6 nitrogen and oxygen atoms in total. The molecular formula is C14H18ClN5O. The van der Waals surface area contributed by atoms with Crippen molar-refractivity contribution in [3.8, 4) is 0 Å². The molecule has 3 N–H and O–H groups in total. The van der Waals surface area contributed by atoms with Crippen molar-refractivity contribution in [1.29, 1.82) is 0 Å². The van der Waals surface area contributed by atoms with Gasteiger partial charge in [0.15, 0.2) is 5.69 Å². The van der Waals surface area contributed by atoms with Crippen LogP contribution in [0, 0.1) is 6.92 Å². The molecule has 0 bridgehead atoms. The molecule has 1 aliphatic heterocycles. The minimum Gasteiger partial charge on any atom is -0.345 e. The van der Waals surface area contributed by atoms with Crippen LogP contribution in [0.25, 0.3) is 0 Å². The Labute approximate surface area is 129 Å². The molecule has 0 saturated carbocycles. The SMILES string of the molecule is Cc1cccnc1CNC(=O)c1n[nH]c2c1CNCC2.Cl. The molecule has 7 heteroatoms. The van der Waals surface area contributed by atoms with E-state index in [-0.39, 0.29) is 18.3 Å². The minimum absolute atomic E-state index is 0. The molecule has 3 rings (SSSR count). The number of pyridine rings is 1. The van der Waals surface area contributed by atoms with Gasteiger partial charge in [-0.1, -0.05) is 6.07 Å². The summed E-state index contributed by atoms with van der Waals surface area (Å²) < 4.78 is 0. The van der Waals surface area contributed by atoms with Crippen LogP contribution in [0.4, 0.5) is 0 Å². The molecule has 0 unspecified atom stereocenters. The molecular weight excluding hydrogens is 290 g/mol. The third-order valence-corrected chi connectivity index (χ3v) is 3.56. The highest BCUT2D eigenvalue weighted by Crippen LogP contribution is 2.15. The number of carbonyl (C=O) groups excluding carboxylic acids is 1. The van der Waals surface area contributed by atoms with Gasteiger partial charge in [-0.2, -0.15) is 5.10 Å². The Hall–Kier alpha value is -1.92. The van der Waals surface area contributed by atoms with E-state index in [0.29, 0.717) is 18.8 Å². The fourth-order valence-electron chi connectivity index (χ4n) is 2.36. The van der Waals surface area contributed by atoms with Crippen LogP contribution in [0.3, 0.4) is 0 Å². The second-order valence-corrected chi connectivity index (χ2v) is 4.91. The summed E-state index contributed by atoms with van der Waals surface area (Å²) >= 11 is 0. The molecule has 0 aromatic carbocycles. The van der Waals surface area contributed by atoms with Gasteiger partial charge in [-0.25, -0.2) is 0 Å². The van der Waals surface area contributed by atoms with Crippen molar-refractivity contribution in [2.24, 2.45) is 0 Å². The average molecular weight is 308 g/mol. The molecule has 3 heterocycles. The van der Waals surface area contributed by atoms with Crippen molar-refractivity contribution in [2.45, 2.75) is 26.4 Å². The highest BCUT2D eigenvalue weighted by atomic mass is 35.5. The maximum atomic E-state index is 12.2. The van der Waals surface area contributed by atoms with Crippen LogP contribution in [-0.4, -0.2) is 27.6 Å². The molecule has 0 spiro atoms. The van der Waals surface area contributed by atoms with E-state index in [4.69, 9.17) is 0 Å². The Morgan fingerprint density at radius 1 is 1.48 bits per heavy atom. The Bertz CT molecular complexity index is 640. The first-order chi connectivity index (χ1) is 9.75. The van der Waals surface area contributed by atoms with Crippen molar-refractivity contribution >= 4 is 18.3 Å². The predicted octanol–water partition coefficient (Wildman–Crippen LogP) is 1.11. The summed E-state index contributed by atoms with van der Waals surface area (Å²) in [7, 11) is 0. The quantitative estimate of drug-likeness (QED) is 0.793. The smallest absolute Gasteiger partial charge is 0.272 e. The number of carbonyl (C=O) groups is 1. The number of nitrogens with one attached hydrogen (secondary N) is 3. The molecule has 0 atom stereocenters. The standard InChI is InChI=1S/C14H17N5O.ClH/c1-9-3-2-5-16-12(9)8-17-14(20)13-10-7-15-6-4-11(10)18-19-13;/h2-3,5,15H,4,6-8H2,1H3,(H,17,20)(H,18,19);1H. The van der Waals surface area contributed by atoms with Gasteiger partial charge in [0.1, 0.15) is 0 Å². The zero-order chi connectivity index (χ0) is 13.9. The lowest BCUT2D eigenvalue weighted by Gasteiger charge is -2.13. The summed E-state index contributed by atoms with van der Waals surface area (Å²) in [5, 5.41) is 13.2. The van der Waals surface area contributed by atoms with Gasteiger partial charge in [0.05, 0.1) is 12.2 Å². The summed E-state index contributed by atoms with van der Waals surface area (Å²) in [5.41, 5.74) is 4.47. The summed E-state index contributed by atoms with van der Waals surface area (Å²) in [6, 6.07) is 3.87. The monoisotopic (exact) mass is 307 g/mol. The van der Waals surface area contributed by atoms with Crippen LogP contribution in [0.5, 0.6) is 0 Å². The fourth-order valence-corrected chi connectivity index (χ4v) is 2.36. The number of rotatable bonds is 3. The first-order valence-corrected chi connectivity index (χ1v) is 6.71. The highest BCUT2D eigenvalue weighted by Gasteiger charge is 2.21. The summed E-state index contributed by atoms with van der Waals surface area (Å²) in [6.45, 7) is 4.01. The highest BCUT2D eigenvalue weighted by molar-refractivity contribution is 5.94. The lowest BCUT2D eigenvalue weighted by Crippen LogP contribution is -2.28. The van der Waals surface area contributed by atoms with Crippen molar-refractivity contribution in [3.05, 3.63) is 46.5 Å². The van der Waals surface area contributed by atoms with Gasteiger partial charge in [-0.05, 0) is 18.6 Å². The van der Waals surface area contributed by atoms with Crippen molar-refractivity contribution in [1.82, 2.24) is 25.8 Å². The number of nitrogens with zero attached hydrogens (tertiary/aromatic N) is 2. The summed E-state index contributed by atoms with van der Waals surface area (Å²) in [5.74, 6) is -0.156. The van der Waals surface area contributed by atoms with Crippen LogP contribution >= 0.6 is 12.4 Å². The normalized spacial score (nSPS) is 13.2. The van der Waals surface area contributed by atoms with E-state index in [1.807, 2.05) is 19.1 Å². The van der Waals surface area contributed by atoms with E-state index in [1.165, 1.54) is 0 Å². The Morgan fingerprint density at radius 2 is 2.33 bits per heavy atom. The van der Waals surface area contributed by atoms with Gasteiger partial charge >= 0.3 is 0 Å². The number of aromatic amines is 1. The number of aromatic nitrogens is 3. The largest absolute Gasteiger partial charge is 0.345 e. The second-order valence-electron chi connectivity index (χ2n) is 4.91. The van der Waals surface area contributed by atoms with Crippen LogP contribution < -0.4 is 10.6 Å². The van der Waals surface area contributed by atoms with Crippen LogP contribution in [0.2, 0.25) is 0 Å². The third kappa shape index (κ3) is 3.22.